The van der Waals surface area contributed by atoms with E-state index in [1.807, 2.05) is 11.8 Å². The van der Waals surface area contributed by atoms with Gasteiger partial charge >= 0.3 is 5.97 Å². The van der Waals surface area contributed by atoms with Gasteiger partial charge in [0, 0.05) is 0 Å². The summed E-state index contributed by atoms with van der Waals surface area (Å²) in [5.41, 5.74) is -0.603. The molecule has 82 valence electrons. The van der Waals surface area contributed by atoms with Gasteiger partial charge < -0.3 is 10.4 Å². The number of carboxylic acids is 1. The van der Waals surface area contributed by atoms with E-state index in [1.54, 1.807) is 0 Å². The van der Waals surface area contributed by atoms with E-state index in [1.165, 1.54) is 0 Å². The van der Waals surface area contributed by atoms with Crippen molar-refractivity contribution in [2.75, 3.05) is 18.1 Å². The van der Waals surface area contributed by atoms with E-state index < -0.39 is 11.5 Å². The second-order valence-corrected chi connectivity index (χ2v) is 5.11. The van der Waals surface area contributed by atoms with Crippen LogP contribution in [-0.2, 0) is 4.79 Å². The Hall–Kier alpha value is -0.220. The molecule has 1 aliphatic heterocycles. The Morgan fingerprint density at radius 3 is 2.93 bits per heavy atom. The quantitative estimate of drug-likeness (QED) is 0.665. The van der Waals surface area contributed by atoms with Crippen molar-refractivity contribution in [1.82, 2.24) is 5.32 Å². The first kappa shape index (κ1) is 11.9. The van der Waals surface area contributed by atoms with Gasteiger partial charge in [0.2, 0.25) is 0 Å². The molecule has 1 rings (SSSR count). The molecule has 2 N–H and O–H groups in total. The van der Waals surface area contributed by atoms with Crippen LogP contribution in [0, 0.1) is 0 Å². The molecule has 4 heteroatoms. The first-order chi connectivity index (χ1) is 6.71. The summed E-state index contributed by atoms with van der Waals surface area (Å²) in [4.78, 5) is 11.1. The molecule has 1 atom stereocenters. The number of thioether (sulfide) groups is 1. The van der Waals surface area contributed by atoms with E-state index in [2.05, 4.69) is 12.2 Å². The highest BCUT2D eigenvalue weighted by Crippen LogP contribution is 2.25. The van der Waals surface area contributed by atoms with Crippen molar-refractivity contribution in [3.05, 3.63) is 0 Å². The van der Waals surface area contributed by atoms with Gasteiger partial charge in [-0.3, -0.25) is 4.79 Å². The summed E-state index contributed by atoms with van der Waals surface area (Å²) in [5.74, 6) is 1.53. The first-order valence-electron chi connectivity index (χ1n) is 5.27. The minimum absolute atomic E-state index is 0.603. The van der Waals surface area contributed by atoms with Crippen LogP contribution in [0.15, 0.2) is 0 Å². The van der Waals surface area contributed by atoms with Crippen molar-refractivity contribution in [3.8, 4) is 0 Å². The number of rotatable bonds is 6. The Morgan fingerprint density at radius 1 is 1.64 bits per heavy atom. The lowest BCUT2D eigenvalue weighted by Crippen LogP contribution is -2.47. The zero-order chi connectivity index (χ0) is 10.4. The number of hydrogen-bond donors (Lipinski definition) is 2. The van der Waals surface area contributed by atoms with Crippen LogP contribution in [0.1, 0.15) is 32.6 Å². The molecule has 1 saturated heterocycles. The number of nitrogens with one attached hydrogen (secondary N) is 1. The Balaban J connectivity index is 2.33. The van der Waals surface area contributed by atoms with Gasteiger partial charge in [-0.25, -0.2) is 0 Å². The average Bonchev–Trinajstić information content (AvgIpc) is 2.62. The summed E-state index contributed by atoms with van der Waals surface area (Å²) in [6.07, 6.45) is 3.56. The Labute approximate surface area is 89.6 Å². The van der Waals surface area contributed by atoms with Crippen molar-refractivity contribution >= 4 is 17.7 Å². The van der Waals surface area contributed by atoms with Crippen LogP contribution in [-0.4, -0.2) is 34.7 Å². The maximum absolute atomic E-state index is 11.1. The van der Waals surface area contributed by atoms with Crippen molar-refractivity contribution < 1.29 is 9.90 Å². The second kappa shape index (κ2) is 5.61. The summed E-state index contributed by atoms with van der Waals surface area (Å²) >= 11 is 1.88. The normalized spacial score (nSPS) is 26.6. The van der Waals surface area contributed by atoms with Crippen molar-refractivity contribution in [1.29, 1.82) is 0 Å². The molecular formula is C10H19NO2S. The number of aliphatic carboxylic acids is 1. The van der Waals surface area contributed by atoms with Crippen LogP contribution < -0.4 is 5.32 Å². The largest absolute Gasteiger partial charge is 0.480 e. The zero-order valence-electron chi connectivity index (χ0n) is 8.71. The molecule has 1 fully saturated rings. The van der Waals surface area contributed by atoms with E-state index in [4.69, 9.17) is 5.11 Å². The van der Waals surface area contributed by atoms with Gasteiger partial charge in [0.15, 0.2) is 0 Å². The molecule has 0 aromatic heterocycles. The van der Waals surface area contributed by atoms with Crippen molar-refractivity contribution in [2.45, 2.75) is 38.1 Å². The second-order valence-electron chi connectivity index (χ2n) is 3.72. The van der Waals surface area contributed by atoms with Crippen LogP contribution in [0.5, 0.6) is 0 Å². The van der Waals surface area contributed by atoms with Gasteiger partial charge in [-0.1, -0.05) is 6.92 Å². The predicted molar refractivity (Wildman–Crippen MR) is 59.8 cm³/mol. The lowest BCUT2D eigenvalue weighted by atomic mass is 9.92. The molecule has 1 aliphatic rings. The maximum atomic E-state index is 11.1. The topological polar surface area (TPSA) is 49.3 Å². The molecule has 14 heavy (non-hydrogen) atoms. The summed E-state index contributed by atoms with van der Waals surface area (Å²) in [6, 6.07) is 0. The summed E-state index contributed by atoms with van der Waals surface area (Å²) in [7, 11) is 0. The smallest absolute Gasteiger partial charge is 0.323 e. The Morgan fingerprint density at radius 2 is 2.43 bits per heavy atom. The number of hydrogen-bond acceptors (Lipinski definition) is 3. The van der Waals surface area contributed by atoms with Gasteiger partial charge in [-0.2, -0.15) is 11.8 Å². The van der Waals surface area contributed by atoms with E-state index in [0.29, 0.717) is 0 Å². The van der Waals surface area contributed by atoms with Crippen LogP contribution >= 0.6 is 11.8 Å². The lowest BCUT2D eigenvalue weighted by molar-refractivity contribution is -0.144. The SMILES string of the molecule is CCSCCCC1(C(=O)O)CCCN1. The van der Waals surface area contributed by atoms with Crippen LogP contribution in [0.4, 0.5) is 0 Å². The lowest BCUT2D eigenvalue weighted by Gasteiger charge is -2.24. The molecule has 0 radical (unpaired) electrons. The van der Waals surface area contributed by atoms with Gasteiger partial charge in [0.25, 0.3) is 0 Å². The van der Waals surface area contributed by atoms with Gasteiger partial charge in [0.05, 0.1) is 0 Å². The molecule has 0 aliphatic carbocycles. The number of carboxylic acid groups (broad SMARTS) is 1. The highest BCUT2D eigenvalue weighted by molar-refractivity contribution is 7.99. The van der Waals surface area contributed by atoms with E-state index in [0.717, 1.165) is 43.7 Å². The first-order valence-corrected chi connectivity index (χ1v) is 6.43. The van der Waals surface area contributed by atoms with Gasteiger partial charge in [0.1, 0.15) is 5.54 Å². The molecule has 0 spiro atoms. The Bertz CT molecular complexity index is 191. The molecule has 0 saturated carbocycles. The third-order valence-electron chi connectivity index (χ3n) is 2.75. The maximum Gasteiger partial charge on any atom is 0.323 e. The fourth-order valence-corrected chi connectivity index (χ4v) is 2.57. The van der Waals surface area contributed by atoms with Crippen LogP contribution in [0.3, 0.4) is 0 Å². The molecular weight excluding hydrogens is 198 g/mol. The standard InChI is InChI=1S/C10H19NO2S/c1-2-14-8-4-6-10(9(12)13)5-3-7-11-10/h11H,2-8H2,1H3,(H,12,13). The summed E-state index contributed by atoms with van der Waals surface area (Å²) < 4.78 is 0. The van der Waals surface area contributed by atoms with Crippen LogP contribution in [0.2, 0.25) is 0 Å². The summed E-state index contributed by atoms with van der Waals surface area (Å²) in [5, 5.41) is 12.3. The highest BCUT2D eigenvalue weighted by atomic mass is 32.2. The van der Waals surface area contributed by atoms with Gasteiger partial charge in [-0.05, 0) is 43.7 Å². The molecule has 0 amide bonds. The molecule has 0 bridgehead atoms. The van der Waals surface area contributed by atoms with Crippen molar-refractivity contribution in [3.63, 3.8) is 0 Å². The molecule has 0 aromatic carbocycles. The Kier molecular flexibility index (Phi) is 4.75. The fourth-order valence-electron chi connectivity index (χ4n) is 1.93. The minimum atomic E-state index is -0.670. The monoisotopic (exact) mass is 217 g/mol. The highest BCUT2D eigenvalue weighted by Gasteiger charge is 2.40. The van der Waals surface area contributed by atoms with E-state index >= 15 is 0 Å². The third kappa shape index (κ3) is 2.89. The van der Waals surface area contributed by atoms with E-state index in [-0.39, 0.29) is 0 Å². The summed E-state index contributed by atoms with van der Waals surface area (Å²) in [6.45, 7) is 2.98. The minimum Gasteiger partial charge on any atom is -0.480 e. The number of carbonyl (C=O) groups is 1. The zero-order valence-corrected chi connectivity index (χ0v) is 9.53. The van der Waals surface area contributed by atoms with E-state index in [9.17, 15) is 4.79 Å². The van der Waals surface area contributed by atoms with Crippen LogP contribution in [0.25, 0.3) is 0 Å². The average molecular weight is 217 g/mol. The van der Waals surface area contributed by atoms with Crippen molar-refractivity contribution in [2.24, 2.45) is 0 Å². The molecule has 1 unspecified atom stereocenters. The van der Waals surface area contributed by atoms with Gasteiger partial charge in [-0.15, -0.1) is 0 Å². The third-order valence-corrected chi connectivity index (χ3v) is 3.74. The molecule has 0 aromatic rings. The predicted octanol–water partition coefficient (Wildman–Crippen LogP) is 1.73. The molecule has 1 heterocycles. The fraction of sp³-hybridized carbons (Fsp3) is 0.900. The molecule has 3 nitrogen and oxygen atoms in total.